The number of benzene rings is 1. The number of hydrogen-bond acceptors (Lipinski definition) is 4. The first-order valence-electron chi connectivity index (χ1n) is 6.39. The minimum Gasteiger partial charge on any atom is -0.370 e. The van der Waals surface area contributed by atoms with Crippen molar-refractivity contribution in [1.82, 2.24) is 9.55 Å². The second-order valence-electron chi connectivity index (χ2n) is 4.79. The third-order valence-electron chi connectivity index (χ3n) is 3.01. The first-order valence-corrected chi connectivity index (χ1v) is 8.29. The fourth-order valence-corrected chi connectivity index (χ4v) is 2.90. The van der Waals surface area contributed by atoms with E-state index in [0.29, 0.717) is 0 Å². The van der Waals surface area contributed by atoms with E-state index in [4.69, 9.17) is 11.5 Å². The van der Waals surface area contributed by atoms with E-state index in [9.17, 15) is 22.0 Å². The minimum atomic E-state index is -3.84. The van der Waals surface area contributed by atoms with Crippen LogP contribution in [0.2, 0.25) is 0 Å². The molecule has 0 aliphatic heterocycles. The first-order chi connectivity index (χ1) is 11.1. The van der Waals surface area contributed by atoms with Crippen LogP contribution in [0.3, 0.4) is 0 Å². The van der Waals surface area contributed by atoms with Gasteiger partial charge in [0.05, 0.1) is 22.5 Å². The quantitative estimate of drug-likeness (QED) is 0.609. The summed E-state index contributed by atoms with van der Waals surface area (Å²) in [5.41, 5.74) is 8.80. The molecule has 0 spiro atoms. The van der Waals surface area contributed by atoms with Crippen molar-refractivity contribution in [2.75, 3.05) is 6.26 Å². The zero-order valence-electron chi connectivity index (χ0n) is 12.3. The number of nitrogens with two attached hydrogens (primary N) is 2. The van der Waals surface area contributed by atoms with Gasteiger partial charge >= 0.3 is 0 Å². The highest BCUT2D eigenvalue weighted by Crippen LogP contribution is 2.31. The van der Waals surface area contributed by atoms with E-state index in [1.807, 2.05) is 0 Å². The van der Waals surface area contributed by atoms with Crippen LogP contribution in [0.25, 0.3) is 5.69 Å². The fraction of sp³-hybridized carbons (Fsp3) is 0.154. The van der Waals surface area contributed by atoms with E-state index < -0.39 is 39.3 Å². The lowest BCUT2D eigenvalue weighted by Gasteiger charge is -2.14. The lowest BCUT2D eigenvalue weighted by Crippen LogP contribution is -2.24. The second kappa shape index (κ2) is 6.35. The molecule has 11 heteroatoms. The Morgan fingerprint density at radius 3 is 2.46 bits per heavy atom. The molecule has 0 fully saturated rings. The summed E-state index contributed by atoms with van der Waals surface area (Å²) in [4.78, 5) is 18.6. The number of imidazole rings is 1. The molecule has 1 amide bonds. The topological polar surface area (TPSA) is 133 Å². The van der Waals surface area contributed by atoms with Gasteiger partial charge in [-0.3, -0.25) is 4.79 Å². The van der Waals surface area contributed by atoms with Gasteiger partial charge in [0.2, 0.25) is 0 Å². The number of rotatable bonds is 4. The summed E-state index contributed by atoms with van der Waals surface area (Å²) in [7, 11) is -3.84. The molecule has 128 valence electrons. The Labute approximate surface area is 135 Å². The van der Waals surface area contributed by atoms with Gasteiger partial charge in [0.1, 0.15) is 0 Å². The minimum absolute atomic E-state index is 0.0634. The van der Waals surface area contributed by atoms with E-state index in [1.54, 1.807) is 0 Å². The number of aromatic nitrogens is 2. The average molecular weight is 357 g/mol. The van der Waals surface area contributed by atoms with Crippen LogP contribution in [0.4, 0.5) is 8.78 Å². The van der Waals surface area contributed by atoms with Gasteiger partial charge < -0.3 is 16.0 Å². The van der Waals surface area contributed by atoms with E-state index in [1.165, 1.54) is 23.3 Å². The number of guanidine groups is 1. The Kier molecular flexibility index (Phi) is 4.64. The number of hydrogen-bond donors (Lipinski definition) is 2. The van der Waals surface area contributed by atoms with E-state index in [0.717, 1.165) is 18.4 Å². The molecule has 0 radical (unpaired) electrons. The molecule has 0 unspecified atom stereocenters. The molecular formula is C13H13F2N5O3S. The van der Waals surface area contributed by atoms with Gasteiger partial charge in [-0.25, -0.2) is 22.2 Å². The molecule has 4 N–H and O–H groups in total. The van der Waals surface area contributed by atoms with Crippen molar-refractivity contribution in [3.63, 3.8) is 0 Å². The summed E-state index contributed by atoms with van der Waals surface area (Å²) < 4.78 is 51.9. The second-order valence-corrected chi connectivity index (χ2v) is 6.78. The lowest BCUT2D eigenvalue weighted by atomic mass is 10.1. The molecule has 2 aromatic rings. The smallest absolute Gasteiger partial charge is 0.280 e. The summed E-state index contributed by atoms with van der Waals surface area (Å²) in [6.07, 6.45) is 1.83. The maximum Gasteiger partial charge on any atom is 0.280 e. The van der Waals surface area contributed by atoms with Gasteiger partial charge in [-0.15, -0.1) is 0 Å². The molecular weight excluding hydrogens is 344 g/mol. The molecule has 2 rings (SSSR count). The summed E-state index contributed by atoms with van der Waals surface area (Å²) >= 11 is 0. The van der Waals surface area contributed by atoms with Crippen molar-refractivity contribution in [1.29, 1.82) is 0 Å². The number of carbonyl (C=O) groups excluding carboxylic acids is 1. The molecule has 0 atom stereocenters. The van der Waals surface area contributed by atoms with Crippen LogP contribution in [0.1, 0.15) is 22.3 Å². The summed E-state index contributed by atoms with van der Waals surface area (Å²) in [5, 5.41) is 0. The standard InChI is InChI=1S/C13H13F2N5O3S/c1-24(22,23)10-5-8(12(21)19-13(16)17)7(11(14)15)4-9(10)20-3-2-18-6-20/h2-6,11H,1H3,(H4,16,17,19,21). The van der Waals surface area contributed by atoms with Crippen molar-refractivity contribution in [2.45, 2.75) is 11.3 Å². The highest BCUT2D eigenvalue weighted by Gasteiger charge is 2.25. The number of nitrogens with zero attached hydrogens (tertiary/aromatic N) is 3. The van der Waals surface area contributed by atoms with Crippen molar-refractivity contribution in [2.24, 2.45) is 16.5 Å². The third kappa shape index (κ3) is 3.56. The van der Waals surface area contributed by atoms with Crippen LogP contribution in [0.15, 0.2) is 40.7 Å². The Morgan fingerprint density at radius 2 is 2.00 bits per heavy atom. The van der Waals surface area contributed by atoms with Gasteiger partial charge in [-0.2, -0.15) is 4.99 Å². The number of aliphatic imine (C=N–C) groups is 1. The van der Waals surface area contributed by atoms with Gasteiger partial charge in [0.15, 0.2) is 15.8 Å². The van der Waals surface area contributed by atoms with Crippen LogP contribution in [-0.4, -0.2) is 36.1 Å². The maximum atomic E-state index is 13.3. The Morgan fingerprint density at radius 1 is 1.33 bits per heavy atom. The third-order valence-corrected chi connectivity index (χ3v) is 4.14. The summed E-state index contributed by atoms with van der Waals surface area (Å²) in [6.45, 7) is 0. The van der Waals surface area contributed by atoms with Gasteiger partial charge in [-0.1, -0.05) is 0 Å². The first kappa shape index (κ1) is 17.5. The van der Waals surface area contributed by atoms with Gasteiger partial charge in [0, 0.05) is 24.2 Å². The fourth-order valence-electron chi connectivity index (χ4n) is 2.03. The van der Waals surface area contributed by atoms with Crippen LogP contribution in [0, 0.1) is 0 Å². The number of carbonyl (C=O) groups is 1. The van der Waals surface area contributed by atoms with E-state index in [-0.39, 0.29) is 10.6 Å². The number of sulfone groups is 1. The van der Waals surface area contributed by atoms with Crippen molar-refractivity contribution in [3.8, 4) is 5.69 Å². The monoisotopic (exact) mass is 357 g/mol. The molecule has 1 aromatic carbocycles. The number of halogens is 2. The van der Waals surface area contributed by atoms with Crippen molar-refractivity contribution in [3.05, 3.63) is 42.0 Å². The van der Waals surface area contributed by atoms with Crippen LogP contribution in [-0.2, 0) is 9.84 Å². The SMILES string of the molecule is CS(=O)(=O)c1cc(C(=O)N=C(N)N)c(C(F)F)cc1-n1ccnc1. The molecule has 0 aliphatic rings. The molecule has 0 saturated heterocycles. The Bertz CT molecular complexity index is 904. The van der Waals surface area contributed by atoms with Crippen LogP contribution in [0.5, 0.6) is 0 Å². The predicted octanol–water partition coefficient (Wildman–Crippen LogP) is 0.627. The summed E-state index contributed by atoms with van der Waals surface area (Å²) in [5.74, 6) is -1.79. The highest BCUT2D eigenvalue weighted by molar-refractivity contribution is 7.90. The largest absolute Gasteiger partial charge is 0.370 e. The summed E-state index contributed by atoms with van der Waals surface area (Å²) in [6, 6.07) is 1.74. The molecule has 1 heterocycles. The molecule has 1 aromatic heterocycles. The number of amides is 1. The maximum absolute atomic E-state index is 13.3. The Balaban J connectivity index is 2.83. The zero-order valence-corrected chi connectivity index (χ0v) is 13.2. The normalized spacial score (nSPS) is 11.5. The molecule has 0 saturated carbocycles. The zero-order chi connectivity index (χ0) is 18.1. The van der Waals surface area contributed by atoms with Crippen molar-refractivity contribution >= 4 is 21.7 Å². The lowest BCUT2D eigenvalue weighted by molar-refractivity contribution is 0.0988. The molecule has 0 bridgehead atoms. The van der Waals surface area contributed by atoms with Crippen LogP contribution < -0.4 is 11.5 Å². The Hall–Kier alpha value is -2.82. The predicted molar refractivity (Wildman–Crippen MR) is 81.8 cm³/mol. The average Bonchev–Trinajstić information content (AvgIpc) is 2.98. The molecule has 0 aliphatic carbocycles. The van der Waals surface area contributed by atoms with E-state index >= 15 is 0 Å². The molecule has 8 nitrogen and oxygen atoms in total. The van der Waals surface area contributed by atoms with Crippen molar-refractivity contribution < 1.29 is 22.0 Å². The van der Waals surface area contributed by atoms with Gasteiger partial charge in [-0.05, 0) is 12.1 Å². The van der Waals surface area contributed by atoms with Gasteiger partial charge in [0.25, 0.3) is 12.3 Å². The van der Waals surface area contributed by atoms with Crippen LogP contribution >= 0.6 is 0 Å². The molecule has 24 heavy (non-hydrogen) atoms. The van der Waals surface area contributed by atoms with E-state index in [2.05, 4.69) is 9.98 Å². The number of alkyl halides is 2. The highest BCUT2D eigenvalue weighted by atomic mass is 32.2.